The number of methoxy groups -OCH3 is 1. The zero-order chi connectivity index (χ0) is 22.3. The van der Waals surface area contributed by atoms with Crippen LogP contribution in [0.15, 0.2) is 60.7 Å². The maximum atomic E-state index is 13.0. The number of esters is 2. The number of hydrogen-bond donors (Lipinski definition) is 0. The maximum Gasteiger partial charge on any atom is 0.339 e. The molecule has 1 unspecified atom stereocenters. The van der Waals surface area contributed by atoms with Crippen LogP contribution in [0.25, 0.3) is 11.1 Å². The van der Waals surface area contributed by atoms with Crippen LogP contribution in [0.4, 0.5) is 0 Å². The summed E-state index contributed by atoms with van der Waals surface area (Å²) in [6, 6.07) is 14.7. The van der Waals surface area contributed by atoms with Crippen LogP contribution in [0.3, 0.4) is 0 Å². The number of hydrogen-bond acceptors (Lipinski definition) is 5. The fourth-order valence-corrected chi connectivity index (χ4v) is 3.47. The summed E-state index contributed by atoms with van der Waals surface area (Å²) in [6.45, 7) is 11.5. The molecule has 0 aliphatic carbocycles. The Morgan fingerprint density at radius 3 is 2.07 bits per heavy atom. The molecule has 0 radical (unpaired) electrons. The van der Waals surface area contributed by atoms with Gasteiger partial charge in [0.1, 0.15) is 11.5 Å². The molecule has 1 atom stereocenters. The Labute approximate surface area is 178 Å². The smallest absolute Gasteiger partial charge is 0.339 e. The van der Waals surface area contributed by atoms with Crippen molar-refractivity contribution >= 4 is 11.9 Å². The number of benzene rings is 2. The van der Waals surface area contributed by atoms with Crippen molar-refractivity contribution in [3.63, 3.8) is 0 Å². The molecule has 0 bridgehead atoms. The van der Waals surface area contributed by atoms with Crippen molar-refractivity contribution in [2.45, 2.75) is 34.1 Å². The Balaban J connectivity index is 2.37. The minimum absolute atomic E-state index is 0.0736. The summed E-state index contributed by atoms with van der Waals surface area (Å²) in [4.78, 5) is 25.7. The molecule has 0 fully saturated rings. The van der Waals surface area contributed by atoms with Crippen molar-refractivity contribution < 1.29 is 23.8 Å². The average molecular weight is 411 g/mol. The van der Waals surface area contributed by atoms with Crippen LogP contribution in [-0.4, -0.2) is 25.7 Å². The highest BCUT2D eigenvalue weighted by molar-refractivity contribution is 5.99. The number of para-hydroxylation sites is 2. The highest BCUT2D eigenvalue weighted by atomic mass is 16.5. The van der Waals surface area contributed by atoms with Gasteiger partial charge < -0.3 is 14.2 Å². The van der Waals surface area contributed by atoms with Crippen LogP contribution in [0, 0.1) is 11.3 Å². The Morgan fingerprint density at radius 2 is 1.53 bits per heavy atom. The third-order valence-corrected chi connectivity index (χ3v) is 4.94. The van der Waals surface area contributed by atoms with Gasteiger partial charge in [0.25, 0.3) is 0 Å². The van der Waals surface area contributed by atoms with Crippen LogP contribution in [0.1, 0.15) is 34.1 Å². The fourth-order valence-electron chi connectivity index (χ4n) is 3.47. The van der Waals surface area contributed by atoms with Gasteiger partial charge >= 0.3 is 11.9 Å². The Hall–Kier alpha value is -3.08. The molecule has 0 aliphatic heterocycles. The highest BCUT2D eigenvalue weighted by Crippen LogP contribution is 2.39. The minimum Gasteiger partial charge on any atom is -0.496 e. The fraction of sp³-hybridized carbons (Fsp3) is 0.360. The second-order valence-corrected chi connectivity index (χ2v) is 7.72. The zero-order valence-corrected chi connectivity index (χ0v) is 18.4. The van der Waals surface area contributed by atoms with E-state index in [9.17, 15) is 9.59 Å². The predicted octanol–water partition coefficient (Wildman–Crippen LogP) is 5.44. The molecule has 0 spiro atoms. The standard InChI is InChI=1S/C25H30O5/c1-7-29-24(27)25(5,16-17(2)3)18(4)23(26)30-22-15-11-9-13-20(22)19-12-8-10-14-21(19)28-6/h8-15,17H,4,7,16H2,1-3,5-6H3. The van der Waals surface area contributed by atoms with Crippen LogP contribution in [-0.2, 0) is 14.3 Å². The van der Waals surface area contributed by atoms with Gasteiger partial charge in [-0.15, -0.1) is 0 Å². The van der Waals surface area contributed by atoms with Gasteiger partial charge in [-0.2, -0.15) is 0 Å². The largest absolute Gasteiger partial charge is 0.496 e. The molecule has 2 aromatic carbocycles. The third-order valence-electron chi connectivity index (χ3n) is 4.94. The first-order valence-electron chi connectivity index (χ1n) is 10.1. The Kier molecular flexibility index (Phi) is 7.81. The third kappa shape index (κ3) is 5.09. The van der Waals surface area contributed by atoms with Gasteiger partial charge in [-0.1, -0.05) is 56.8 Å². The summed E-state index contributed by atoms with van der Waals surface area (Å²) >= 11 is 0. The lowest BCUT2D eigenvalue weighted by Crippen LogP contribution is -2.37. The molecule has 5 nitrogen and oxygen atoms in total. The van der Waals surface area contributed by atoms with Crippen molar-refractivity contribution in [3.05, 3.63) is 60.7 Å². The van der Waals surface area contributed by atoms with Gasteiger partial charge in [0.05, 0.1) is 19.1 Å². The van der Waals surface area contributed by atoms with E-state index >= 15 is 0 Å². The molecule has 2 aromatic rings. The van der Waals surface area contributed by atoms with E-state index in [1.165, 1.54) is 0 Å². The van der Waals surface area contributed by atoms with Gasteiger partial charge in [-0.3, -0.25) is 4.79 Å². The lowest BCUT2D eigenvalue weighted by molar-refractivity contribution is -0.155. The molecule has 0 aliphatic rings. The topological polar surface area (TPSA) is 61.8 Å². The maximum absolute atomic E-state index is 13.0. The summed E-state index contributed by atoms with van der Waals surface area (Å²) in [5, 5.41) is 0. The molecule has 0 saturated heterocycles. The summed E-state index contributed by atoms with van der Waals surface area (Å²) in [5.41, 5.74) is 0.410. The van der Waals surface area contributed by atoms with E-state index in [4.69, 9.17) is 14.2 Å². The van der Waals surface area contributed by atoms with Gasteiger partial charge in [0.2, 0.25) is 0 Å². The molecule has 0 heterocycles. The van der Waals surface area contributed by atoms with E-state index in [0.29, 0.717) is 23.5 Å². The van der Waals surface area contributed by atoms with Crippen LogP contribution in [0.2, 0.25) is 0 Å². The molecule has 160 valence electrons. The molecule has 2 rings (SSSR count). The van der Waals surface area contributed by atoms with Gasteiger partial charge in [0.15, 0.2) is 0 Å². The van der Waals surface area contributed by atoms with E-state index in [-0.39, 0.29) is 18.1 Å². The lowest BCUT2D eigenvalue weighted by atomic mass is 9.76. The summed E-state index contributed by atoms with van der Waals surface area (Å²) in [5.74, 6) is 0.0527. The van der Waals surface area contributed by atoms with Gasteiger partial charge in [-0.05, 0) is 38.3 Å². The van der Waals surface area contributed by atoms with E-state index in [0.717, 1.165) is 5.56 Å². The summed E-state index contributed by atoms with van der Waals surface area (Å²) in [6.07, 6.45) is 0.425. The van der Waals surface area contributed by atoms with Crippen LogP contribution < -0.4 is 9.47 Å². The minimum atomic E-state index is -1.17. The van der Waals surface area contributed by atoms with E-state index < -0.39 is 17.4 Å². The lowest BCUT2D eigenvalue weighted by Gasteiger charge is -2.30. The van der Waals surface area contributed by atoms with E-state index in [1.54, 1.807) is 33.1 Å². The van der Waals surface area contributed by atoms with Gasteiger partial charge in [0, 0.05) is 16.7 Å². The van der Waals surface area contributed by atoms with Crippen LogP contribution >= 0.6 is 0 Å². The molecular formula is C25H30O5. The van der Waals surface area contributed by atoms with E-state index in [1.807, 2.05) is 50.2 Å². The molecule has 0 amide bonds. The molecular weight excluding hydrogens is 380 g/mol. The molecule has 0 saturated carbocycles. The predicted molar refractivity (Wildman–Crippen MR) is 117 cm³/mol. The second kappa shape index (κ2) is 10.1. The Bertz CT molecular complexity index is 915. The molecule has 0 aromatic heterocycles. The van der Waals surface area contributed by atoms with Crippen molar-refractivity contribution in [2.75, 3.05) is 13.7 Å². The highest BCUT2D eigenvalue weighted by Gasteiger charge is 2.42. The molecule has 30 heavy (non-hydrogen) atoms. The van der Waals surface area contributed by atoms with Crippen molar-refractivity contribution in [2.24, 2.45) is 11.3 Å². The first kappa shape index (κ1) is 23.2. The Morgan fingerprint density at radius 1 is 1.00 bits per heavy atom. The average Bonchev–Trinajstić information content (AvgIpc) is 2.73. The number of carbonyl (C=O) groups is 2. The van der Waals surface area contributed by atoms with Crippen molar-refractivity contribution in [1.82, 2.24) is 0 Å². The SMILES string of the molecule is C=C(C(=O)Oc1ccccc1-c1ccccc1OC)C(C)(CC(C)C)C(=O)OCC. The van der Waals surface area contributed by atoms with E-state index in [2.05, 4.69) is 6.58 Å². The molecule has 5 heteroatoms. The quantitative estimate of drug-likeness (QED) is 0.313. The first-order valence-corrected chi connectivity index (χ1v) is 10.1. The summed E-state index contributed by atoms with van der Waals surface area (Å²) < 4.78 is 16.4. The number of rotatable bonds is 9. The first-order chi connectivity index (χ1) is 14.2. The number of carbonyl (C=O) groups excluding carboxylic acids is 2. The molecule has 0 N–H and O–H groups in total. The monoisotopic (exact) mass is 410 g/mol. The van der Waals surface area contributed by atoms with Crippen LogP contribution in [0.5, 0.6) is 11.5 Å². The normalized spacial score (nSPS) is 12.7. The number of ether oxygens (including phenoxy) is 3. The van der Waals surface area contributed by atoms with Crippen molar-refractivity contribution in [1.29, 1.82) is 0 Å². The summed E-state index contributed by atoms with van der Waals surface area (Å²) in [7, 11) is 1.59. The zero-order valence-electron chi connectivity index (χ0n) is 18.4. The van der Waals surface area contributed by atoms with Gasteiger partial charge in [-0.25, -0.2) is 4.79 Å². The second-order valence-electron chi connectivity index (χ2n) is 7.72. The van der Waals surface area contributed by atoms with Crippen molar-refractivity contribution in [3.8, 4) is 22.6 Å².